The van der Waals surface area contributed by atoms with Crippen LogP contribution in [0.5, 0.6) is 0 Å². The van der Waals surface area contributed by atoms with E-state index in [1.165, 1.54) is 19.3 Å². The standard InChI is InChI=1S/C15H25N3O/c1-12(19)14-7-6-13(10-16-14)18(4)11-15(17(2)3)8-5-9-15/h6-7,10,12,19H,5,8-9,11H2,1-4H3/t12-/m0/s1. The molecule has 1 heterocycles. The Labute approximate surface area is 116 Å². The van der Waals surface area contributed by atoms with Crippen molar-refractivity contribution < 1.29 is 5.11 Å². The predicted molar refractivity (Wildman–Crippen MR) is 78.4 cm³/mol. The molecule has 1 aliphatic rings. The van der Waals surface area contributed by atoms with E-state index in [-0.39, 0.29) is 0 Å². The second-order valence-corrected chi connectivity index (χ2v) is 5.95. The maximum Gasteiger partial charge on any atom is 0.0931 e. The van der Waals surface area contributed by atoms with Crippen LogP contribution in [0.1, 0.15) is 38.0 Å². The lowest BCUT2D eigenvalue weighted by Gasteiger charge is -2.49. The molecule has 0 unspecified atom stereocenters. The van der Waals surface area contributed by atoms with Gasteiger partial charge in [-0.2, -0.15) is 0 Å². The van der Waals surface area contributed by atoms with Gasteiger partial charge in [0.05, 0.1) is 23.7 Å². The molecule has 1 fully saturated rings. The monoisotopic (exact) mass is 263 g/mol. The van der Waals surface area contributed by atoms with Crippen molar-refractivity contribution >= 4 is 5.69 Å². The molecule has 1 saturated carbocycles. The number of hydrogen-bond acceptors (Lipinski definition) is 4. The lowest BCUT2D eigenvalue weighted by Crippen LogP contribution is -2.56. The number of anilines is 1. The SMILES string of the molecule is C[C@H](O)c1ccc(N(C)CC2(N(C)C)CCC2)cn1. The van der Waals surface area contributed by atoms with Crippen molar-refractivity contribution in [3.63, 3.8) is 0 Å². The fourth-order valence-electron chi connectivity index (χ4n) is 2.73. The molecule has 1 aromatic rings. The van der Waals surface area contributed by atoms with Crippen LogP contribution in [0.15, 0.2) is 18.3 Å². The molecule has 19 heavy (non-hydrogen) atoms. The van der Waals surface area contributed by atoms with Crippen molar-refractivity contribution in [3.8, 4) is 0 Å². The van der Waals surface area contributed by atoms with Gasteiger partial charge in [-0.15, -0.1) is 0 Å². The van der Waals surface area contributed by atoms with Crippen molar-refractivity contribution in [2.45, 2.75) is 37.8 Å². The molecule has 1 atom stereocenters. The van der Waals surface area contributed by atoms with Crippen molar-refractivity contribution in [1.82, 2.24) is 9.88 Å². The number of aliphatic hydroxyl groups is 1. The normalized spacial score (nSPS) is 19.1. The Morgan fingerprint density at radius 1 is 1.32 bits per heavy atom. The first kappa shape index (κ1) is 14.3. The third-order valence-corrected chi connectivity index (χ3v) is 4.40. The summed E-state index contributed by atoms with van der Waals surface area (Å²) >= 11 is 0. The molecular weight excluding hydrogens is 238 g/mol. The molecular formula is C15H25N3O. The van der Waals surface area contributed by atoms with Gasteiger partial charge < -0.3 is 14.9 Å². The molecule has 1 N–H and O–H groups in total. The summed E-state index contributed by atoms with van der Waals surface area (Å²) in [5.41, 5.74) is 2.15. The fraction of sp³-hybridized carbons (Fsp3) is 0.667. The molecule has 1 aliphatic carbocycles. The van der Waals surface area contributed by atoms with Crippen molar-refractivity contribution in [1.29, 1.82) is 0 Å². The van der Waals surface area contributed by atoms with Crippen molar-refractivity contribution in [3.05, 3.63) is 24.0 Å². The Morgan fingerprint density at radius 3 is 2.37 bits per heavy atom. The molecule has 0 aliphatic heterocycles. The first-order valence-corrected chi connectivity index (χ1v) is 6.97. The number of likely N-dealkylation sites (N-methyl/N-ethyl adjacent to an activating group) is 2. The summed E-state index contributed by atoms with van der Waals surface area (Å²) in [7, 11) is 6.45. The average Bonchev–Trinajstić information content (AvgIpc) is 2.33. The minimum atomic E-state index is -0.501. The molecule has 4 heteroatoms. The minimum absolute atomic E-state index is 0.317. The maximum atomic E-state index is 9.48. The summed E-state index contributed by atoms with van der Waals surface area (Å²) in [6.07, 6.45) is 5.21. The zero-order valence-corrected chi connectivity index (χ0v) is 12.4. The Hall–Kier alpha value is -1.13. The summed E-state index contributed by atoms with van der Waals surface area (Å²) in [6.45, 7) is 2.76. The number of pyridine rings is 1. The first-order valence-electron chi connectivity index (χ1n) is 6.97. The number of hydrogen-bond donors (Lipinski definition) is 1. The summed E-state index contributed by atoms with van der Waals surface area (Å²) in [4.78, 5) is 8.93. The van der Waals surface area contributed by atoms with E-state index in [9.17, 15) is 5.11 Å². The molecule has 0 bridgehead atoms. The summed E-state index contributed by atoms with van der Waals surface area (Å²) in [5.74, 6) is 0. The minimum Gasteiger partial charge on any atom is -0.387 e. The van der Waals surface area contributed by atoms with Gasteiger partial charge in [0.15, 0.2) is 0 Å². The number of nitrogens with zero attached hydrogens (tertiary/aromatic N) is 3. The smallest absolute Gasteiger partial charge is 0.0931 e. The van der Waals surface area contributed by atoms with Gasteiger partial charge in [0.2, 0.25) is 0 Å². The van der Waals surface area contributed by atoms with Gasteiger partial charge in [-0.05, 0) is 52.4 Å². The third kappa shape index (κ3) is 2.90. The Bertz CT molecular complexity index is 410. The molecule has 0 spiro atoms. The van der Waals surface area contributed by atoms with Crippen LogP contribution in [-0.4, -0.2) is 48.2 Å². The van der Waals surface area contributed by atoms with Crippen molar-refractivity contribution in [2.24, 2.45) is 0 Å². The van der Waals surface area contributed by atoms with E-state index in [2.05, 4.69) is 35.9 Å². The molecule has 4 nitrogen and oxygen atoms in total. The summed E-state index contributed by atoms with van der Waals surface area (Å²) in [5, 5.41) is 9.48. The van der Waals surface area contributed by atoms with Crippen LogP contribution < -0.4 is 4.90 Å². The lowest BCUT2D eigenvalue weighted by atomic mass is 9.75. The van der Waals surface area contributed by atoms with Gasteiger partial charge >= 0.3 is 0 Å². The van der Waals surface area contributed by atoms with E-state index in [1.807, 2.05) is 18.3 Å². The Morgan fingerprint density at radius 2 is 2.00 bits per heavy atom. The number of aliphatic hydroxyl groups excluding tert-OH is 1. The molecule has 2 rings (SSSR count). The third-order valence-electron chi connectivity index (χ3n) is 4.40. The molecule has 0 saturated heterocycles. The van der Waals surface area contributed by atoms with Crippen LogP contribution in [0, 0.1) is 0 Å². The van der Waals surface area contributed by atoms with Crippen molar-refractivity contribution in [2.75, 3.05) is 32.6 Å². The van der Waals surface area contributed by atoms with Gasteiger partial charge in [0.1, 0.15) is 0 Å². The topological polar surface area (TPSA) is 39.6 Å². The second-order valence-electron chi connectivity index (χ2n) is 5.95. The molecule has 0 radical (unpaired) electrons. The summed E-state index contributed by atoms with van der Waals surface area (Å²) < 4.78 is 0. The predicted octanol–water partition coefficient (Wildman–Crippen LogP) is 2.06. The maximum absolute atomic E-state index is 9.48. The number of aromatic nitrogens is 1. The van der Waals surface area contributed by atoms with E-state index in [0.717, 1.165) is 17.9 Å². The molecule has 0 amide bonds. The van der Waals surface area contributed by atoms with Gasteiger partial charge in [-0.3, -0.25) is 4.98 Å². The van der Waals surface area contributed by atoms with Crippen LogP contribution >= 0.6 is 0 Å². The van der Waals surface area contributed by atoms with E-state index in [4.69, 9.17) is 0 Å². The average molecular weight is 263 g/mol. The Kier molecular flexibility index (Phi) is 4.11. The van der Waals surface area contributed by atoms with Gasteiger partial charge in [-0.1, -0.05) is 0 Å². The fourth-order valence-corrected chi connectivity index (χ4v) is 2.73. The van der Waals surface area contributed by atoms with Crippen LogP contribution in [0.25, 0.3) is 0 Å². The van der Waals surface area contributed by atoms with E-state index < -0.39 is 6.10 Å². The van der Waals surface area contributed by atoms with Crippen LogP contribution in [0.2, 0.25) is 0 Å². The first-order chi connectivity index (χ1) is 8.94. The highest BCUT2D eigenvalue weighted by atomic mass is 16.3. The molecule has 1 aromatic heterocycles. The molecule has 0 aromatic carbocycles. The molecule has 106 valence electrons. The zero-order chi connectivity index (χ0) is 14.0. The highest BCUT2D eigenvalue weighted by Crippen LogP contribution is 2.37. The zero-order valence-electron chi connectivity index (χ0n) is 12.4. The Balaban J connectivity index is 2.05. The second kappa shape index (κ2) is 5.47. The van der Waals surface area contributed by atoms with E-state index in [1.54, 1.807) is 6.92 Å². The van der Waals surface area contributed by atoms with E-state index in [0.29, 0.717) is 5.54 Å². The lowest BCUT2D eigenvalue weighted by molar-refractivity contribution is 0.0683. The highest BCUT2D eigenvalue weighted by molar-refractivity contribution is 5.44. The van der Waals surface area contributed by atoms with Gasteiger partial charge in [0.25, 0.3) is 0 Å². The van der Waals surface area contributed by atoms with Crippen LogP contribution in [0.3, 0.4) is 0 Å². The number of rotatable bonds is 5. The summed E-state index contributed by atoms with van der Waals surface area (Å²) in [6, 6.07) is 3.94. The highest BCUT2D eigenvalue weighted by Gasteiger charge is 2.39. The quantitative estimate of drug-likeness (QED) is 0.882. The van der Waals surface area contributed by atoms with Crippen LogP contribution in [0.4, 0.5) is 5.69 Å². The van der Waals surface area contributed by atoms with Gasteiger partial charge in [0, 0.05) is 19.1 Å². The largest absolute Gasteiger partial charge is 0.387 e. The van der Waals surface area contributed by atoms with E-state index >= 15 is 0 Å². The van der Waals surface area contributed by atoms with Crippen LogP contribution in [-0.2, 0) is 0 Å². The van der Waals surface area contributed by atoms with Gasteiger partial charge in [-0.25, -0.2) is 0 Å².